The van der Waals surface area contributed by atoms with Crippen LogP contribution in [0.1, 0.15) is 29.6 Å². The van der Waals surface area contributed by atoms with Crippen molar-refractivity contribution in [3.63, 3.8) is 0 Å². The number of amides is 1. The van der Waals surface area contributed by atoms with Gasteiger partial charge in [0, 0.05) is 24.5 Å². The second-order valence-corrected chi connectivity index (χ2v) is 6.72. The van der Waals surface area contributed by atoms with Crippen LogP contribution in [0.4, 0.5) is 8.78 Å². The molecule has 0 aromatic heterocycles. The molecule has 0 aliphatic carbocycles. The van der Waals surface area contributed by atoms with Gasteiger partial charge in [-0.2, -0.15) is 0 Å². The number of carbonyl (C=O) groups excluding carboxylic acids is 1. The molecule has 1 amide bonds. The highest BCUT2D eigenvalue weighted by Crippen LogP contribution is 2.41. The van der Waals surface area contributed by atoms with Crippen molar-refractivity contribution in [3.05, 3.63) is 35.4 Å². The number of carbonyl (C=O) groups is 1. The smallest absolute Gasteiger partial charge is 0.259 e. The van der Waals surface area contributed by atoms with E-state index in [1.165, 1.54) is 11.0 Å². The zero-order chi connectivity index (χ0) is 16.6. The van der Waals surface area contributed by atoms with Gasteiger partial charge in [-0.3, -0.25) is 4.79 Å². The molecule has 2 heterocycles. The van der Waals surface area contributed by atoms with E-state index in [1.807, 2.05) is 7.05 Å². The van der Waals surface area contributed by atoms with E-state index in [0.29, 0.717) is 19.5 Å². The molecule has 1 N–H and O–H groups in total. The molecule has 2 saturated heterocycles. The number of likely N-dealkylation sites (N-methyl/N-ethyl adjacent to an activating group) is 1. The summed E-state index contributed by atoms with van der Waals surface area (Å²) in [5, 5.41) is 9.87. The zero-order valence-corrected chi connectivity index (χ0v) is 13.3. The number of hydrogen-bond donors (Lipinski definition) is 1. The van der Waals surface area contributed by atoms with Gasteiger partial charge in [-0.15, -0.1) is 0 Å². The number of rotatable bonds is 2. The van der Waals surface area contributed by atoms with Crippen molar-refractivity contribution in [2.24, 2.45) is 5.41 Å². The van der Waals surface area contributed by atoms with E-state index >= 15 is 0 Å². The van der Waals surface area contributed by atoms with Gasteiger partial charge in [0.25, 0.3) is 5.91 Å². The summed E-state index contributed by atoms with van der Waals surface area (Å²) < 4.78 is 27.7. The van der Waals surface area contributed by atoms with Crippen LogP contribution in [0.5, 0.6) is 0 Å². The van der Waals surface area contributed by atoms with Gasteiger partial charge in [0.05, 0.1) is 6.61 Å². The van der Waals surface area contributed by atoms with Gasteiger partial charge < -0.3 is 14.9 Å². The van der Waals surface area contributed by atoms with E-state index < -0.39 is 23.1 Å². The highest BCUT2D eigenvalue weighted by atomic mass is 19.1. The lowest BCUT2D eigenvalue weighted by molar-refractivity contribution is -0.0602. The van der Waals surface area contributed by atoms with Crippen LogP contribution < -0.4 is 0 Å². The zero-order valence-electron chi connectivity index (χ0n) is 13.3. The molecule has 0 spiro atoms. The first-order valence-electron chi connectivity index (χ1n) is 8.03. The summed E-state index contributed by atoms with van der Waals surface area (Å²) in [6.45, 7) is 1.79. The minimum Gasteiger partial charge on any atom is -0.396 e. The van der Waals surface area contributed by atoms with Crippen LogP contribution in [0, 0.1) is 17.0 Å². The number of benzene rings is 1. The molecule has 126 valence electrons. The Bertz CT molecular complexity index is 590. The van der Waals surface area contributed by atoms with Crippen molar-refractivity contribution in [3.8, 4) is 0 Å². The second kappa shape index (κ2) is 6.17. The quantitative estimate of drug-likeness (QED) is 0.903. The third-order valence-corrected chi connectivity index (χ3v) is 5.48. The molecular weight excluding hydrogens is 302 g/mol. The first kappa shape index (κ1) is 16.3. The fourth-order valence-electron chi connectivity index (χ4n) is 4.06. The van der Waals surface area contributed by atoms with E-state index in [2.05, 4.69) is 4.90 Å². The van der Waals surface area contributed by atoms with Crippen LogP contribution in [0.2, 0.25) is 0 Å². The number of piperidine rings is 2. The van der Waals surface area contributed by atoms with Crippen molar-refractivity contribution in [1.82, 2.24) is 9.80 Å². The van der Waals surface area contributed by atoms with Crippen molar-refractivity contribution >= 4 is 5.91 Å². The molecule has 4 nitrogen and oxygen atoms in total. The second-order valence-electron chi connectivity index (χ2n) is 6.72. The van der Waals surface area contributed by atoms with Crippen LogP contribution in [0.15, 0.2) is 18.2 Å². The predicted molar refractivity (Wildman–Crippen MR) is 82.0 cm³/mol. The average molecular weight is 324 g/mol. The number of fused-ring (bicyclic) bond motifs is 1. The first-order chi connectivity index (χ1) is 11.0. The molecule has 1 aromatic carbocycles. The predicted octanol–water partition coefficient (Wildman–Crippen LogP) is 1.88. The Kier molecular flexibility index (Phi) is 4.38. The van der Waals surface area contributed by atoms with Gasteiger partial charge in [0.1, 0.15) is 17.2 Å². The van der Waals surface area contributed by atoms with Gasteiger partial charge in [0.15, 0.2) is 0 Å². The van der Waals surface area contributed by atoms with Crippen molar-refractivity contribution < 1.29 is 18.7 Å². The Balaban J connectivity index is 1.85. The van der Waals surface area contributed by atoms with E-state index in [-0.39, 0.29) is 18.1 Å². The van der Waals surface area contributed by atoms with E-state index in [1.54, 1.807) is 0 Å². The van der Waals surface area contributed by atoms with Crippen LogP contribution in [0.3, 0.4) is 0 Å². The highest BCUT2D eigenvalue weighted by molar-refractivity contribution is 5.94. The Morgan fingerprint density at radius 1 is 1.30 bits per heavy atom. The molecule has 6 heteroatoms. The summed E-state index contributed by atoms with van der Waals surface area (Å²) in [5.41, 5.74) is -0.695. The molecule has 0 bridgehead atoms. The fraction of sp³-hybridized carbons (Fsp3) is 0.588. The fourth-order valence-corrected chi connectivity index (χ4v) is 4.06. The maximum atomic E-state index is 13.9. The molecule has 0 unspecified atom stereocenters. The molecule has 1 aromatic rings. The van der Waals surface area contributed by atoms with Crippen LogP contribution >= 0.6 is 0 Å². The molecule has 3 rings (SSSR count). The summed E-state index contributed by atoms with van der Waals surface area (Å²) in [6.07, 6.45) is 2.60. The topological polar surface area (TPSA) is 43.8 Å². The van der Waals surface area contributed by atoms with Crippen molar-refractivity contribution in [2.45, 2.75) is 25.3 Å². The van der Waals surface area contributed by atoms with Gasteiger partial charge in [-0.05, 0) is 45.0 Å². The molecule has 0 saturated carbocycles. The van der Waals surface area contributed by atoms with Gasteiger partial charge in [-0.25, -0.2) is 8.78 Å². The Hall–Kier alpha value is -1.53. The molecule has 2 fully saturated rings. The van der Waals surface area contributed by atoms with Crippen molar-refractivity contribution in [2.75, 3.05) is 33.3 Å². The van der Waals surface area contributed by atoms with Crippen LogP contribution in [0.25, 0.3) is 0 Å². The summed E-state index contributed by atoms with van der Waals surface area (Å²) in [7, 11) is 1.98. The first-order valence-corrected chi connectivity index (χ1v) is 8.03. The largest absolute Gasteiger partial charge is 0.396 e. The third kappa shape index (κ3) is 2.74. The van der Waals surface area contributed by atoms with Crippen LogP contribution in [-0.4, -0.2) is 60.1 Å². The summed E-state index contributed by atoms with van der Waals surface area (Å²) in [4.78, 5) is 16.2. The third-order valence-electron chi connectivity index (χ3n) is 5.48. The molecule has 2 atom stereocenters. The molecule has 2 aliphatic rings. The maximum Gasteiger partial charge on any atom is 0.259 e. The Morgan fingerprint density at radius 3 is 2.65 bits per heavy atom. The lowest BCUT2D eigenvalue weighted by atomic mass is 9.69. The minimum atomic E-state index is -0.828. The highest BCUT2D eigenvalue weighted by Gasteiger charge is 2.47. The Labute approximate surface area is 134 Å². The molecule has 23 heavy (non-hydrogen) atoms. The maximum absolute atomic E-state index is 13.9. The lowest BCUT2D eigenvalue weighted by Crippen LogP contribution is -2.62. The molecule has 0 radical (unpaired) electrons. The number of aliphatic hydroxyl groups excluding tert-OH is 1. The number of aliphatic hydroxyl groups is 1. The normalized spacial score (nSPS) is 28.5. The van der Waals surface area contributed by atoms with Crippen molar-refractivity contribution in [1.29, 1.82) is 0 Å². The van der Waals surface area contributed by atoms with E-state index in [4.69, 9.17) is 0 Å². The minimum absolute atomic E-state index is 0.0220. The SMILES string of the molecule is CN1CCC[C@]2(CO)CCN(C(=O)c3c(F)cccc3F)C[C@@H]12. The number of halogens is 2. The van der Waals surface area contributed by atoms with E-state index in [9.17, 15) is 18.7 Å². The summed E-state index contributed by atoms with van der Waals surface area (Å²) in [6, 6.07) is 3.48. The van der Waals surface area contributed by atoms with Gasteiger partial charge in [-0.1, -0.05) is 6.07 Å². The standard InChI is InChI=1S/C17H22F2N2O2/c1-20-8-3-6-17(11-22)7-9-21(10-14(17)20)16(23)15-12(18)4-2-5-13(15)19/h2,4-5,14,22H,3,6-11H2,1H3/t14-,17-/m1/s1. The molecule has 2 aliphatic heterocycles. The Morgan fingerprint density at radius 2 is 2.00 bits per heavy atom. The summed E-state index contributed by atoms with van der Waals surface area (Å²) >= 11 is 0. The lowest BCUT2D eigenvalue weighted by Gasteiger charge is -2.53. The van der Waals surface area contributed by atoms with Gasteiger partial charge in [0.2, 0.25) is 0 Å². The monoisotopic (exact) mass is 324 g/mol. The van der Waals surface area contributed by atoms with Gasteiger partial charge >= 0.3 is 0 Å². The van der Waals surface area contributed by atoms with E-state index in [0.717, 1.165) is 31.5 Å². The number of hydrogen-bond acceptors (Lipinski definition) is 3. The molecular formula is C17H22F2N2O2. The average Bonchev–Trinajstić information content (AvgIpc) is 2.54. The number of nitrogens with zero attached hydrogens (tertiary/aromatic N) is 2. The van der Waals surface area contributed by atoms with Crippen LogP contribution in [-0.2, 0) is 0 Å². The number of likely N-dealkylation sites (tertiary alicyclic amines) is 2. The summed E-state index contributed by atoms with van der Waals surface area (Å²) in [5.74, 6) is -2.26.